The molecule has 29 heavy (non-hydrogen) atoms. The molecule has 0 N–H and O–H groups in total. The van der Waals surface area contributed by atoms with E-state index < -0.39 is 0 Å². The van der Waals surface area contributed by atoms with Crippen LogP contribution in [0.15, 0.2) is 17.5 Å². The number of likely N-dealkylation sites (tertiary alicyclic amines) is 1. The van der Waals surface area contributed by atoms with Gasteiger partial charge < -0.3 is 9.47 Å². The number of esters is 1. The monoisotopic (exact) mass is 436 g/mol. The van der Waals surface area contributed by atoms with E-state index in [4.69, 9.17) is 26.8 Å². The lowest BCUT2D eigenvalue weighted by atomic mass is 9.99. The maximum Gasteiger partial charge on any atom is 0.310 e. The van der Waals surface area contributed by atoms with Crippen molar-refractivity contribution in [3.8, 4) is 10.7 Å². The second-order valence-electron chi connectivity index (χ2n) is 7.64. The van der Waals surface area contributed by atoms with E-state index in [1.807, 2.05) is 17.7 Å². The average Bonchev–Trinajstić information content (AvgIpc) is 3.47. The smallest absolute Gasteiger partial charge is 0.310 e. The van der Waals surface area contributed by atoms with Crippen molar-refractivity contribution in [2.75, 3.05) is 26.3 Å². The predicted octanol–water partition coefficient (Wildman–Crippen LogP) is 3.55. The molecule has 2 atom stereocenters. The summed E-state index contributed by atoms with van der Waals surface area (Å²) in [5, 5.41) is 6.92. The van der Waals surface area contributed by atoms with Crippen LogP contribution in [0.5, 0.6) is 0 Å². The van der Waals surface area contributed by atoms with Crippen LogP contribution in [-0.4, -0.2) is 57.6 Å². The number of rotatable bonds is 7. The standard InChI is InChI=1S/C20H28N4O3S2/c1-2-26-19(25)15-6-3-9-22(12-15)14-24-20(28)23(13-16-7-4-10-27-16)18(21-24)17-8-5-11-29-17/h5,8,11,15-16H,2-4,6-7,9-10,12-14H2,1H3/t15-,16+/m0/s1. The fourth-order valence-corrected chi connectivity index (χ4v) is 5.08. The first-order valence-electron chi connectivity index (χ1n) is 10.4. The molecule has 0 unspecified atom stereocenters. The van der Waals surface area contributed by atoms with Gasteiger partial charge in [-0.3, -0.25) is 14.3 Å². The molecule has 2 aromatic heterocycles. The van der Waals surface area contributed by atoms with Crippen LogP contribution < -0.4 is 0 Å². The molecule has 9 heteroatoms. The summed E-state index contributed by atoms with van der Waals surface area (Å²) in [7, 11) is 0. The van der Waals surface area contributed by atoms with Gasteiger partial charge in [0.05, 0.1) is 36.7 Å². The molecule has 4 heterocycles. The van der Waals surface area contributed by atoms with E-state index >= 15 is 0 Å². The summed E-state index contributed by atoms with van der Waals surface area (Å²) < 4.78 is 15.8. The van der Waals surface area contributed by atoms with Crippen LogP contribution >= 0.6 is 23.6 Å². The van der Waals surface area contributed by atoms with E-state index in [2.05, 4.69) is 20.9 Å². The Balaban J connectivity index is 1.54. The number of hydrogen-bond acceptors (Lipinski definition) is 7. The Kier molecular flexibility index (Phi) is 6.79. The zero-order chi connectivity index (χ0) is 20.2. The van der Waals surface area contributed by atoms with Gasteiger partial charge in [-0.1, -0.05) is 6.07 Å². The molecule has 0 saturated carbocycles. The lowest BCUT2D eigenvalue weighted by Crippen LogP contribution is -2.40. The minimum Gasteiger partial charge on any atom is -0.466 e. The molecule has 0 aliphatic carbocycles. The summed E-state index contributed by atoms with van der Waals surface area (Å²) in [4.78, 5) is 15.5. The van der Waals surface area contributed by atoms with Crippen molar-refractivity contribution in [3.63, 3.8) is 0 Å². The highest BCUT2D eigenvalue weighted by Crippen LogP contribution is 2.26. The van der Waals surface area contributed by atoms with Gasteiger partial charge in [-0.25, -0.2) is 4.68 Å². The topological polar surface area (TPSA) is 61.5 Å². The molecular formula is C20H28N4O3S2. The van der Waals surface area contributed by atoms with Crippen LogP contribution in [0.3, 0.4) is 0 Å². The molecule has 158 valence electrons. The van der Waals surface area contributed by atoms with Gasteiger partial charge in [-0.2, -0.15) is 0 Å². The van der Waals surface area contributed by atoms with Crippen LogP contribution in [0.2, 0.25) is 0 Å². The van der Waals surface area contributed by atoms with Crippen LogP contribution in [0.4, 0.5) is 0 Å². The molecule has 7 nitrogen and oxygen atoms in total. The molecule has 0 aromatic carbocycles. The van der Waals surface area contributed by atoms with Crippen molar-refractivity contribution in [3.05, 3.63) is 22.3 Å². The normalized spacial score (nSPS) is 22.8. The average molecular weight is 437 g/mol. The second kappa shape index (κ2) is 9.51. The number of nitrogens with zero attached hydrogens (tertiary/aromatic N) is 4. The molecular weight excluding hydrogens is 408 g/mol. The summed E-state index contributed by atoms with van der Waals surface area (Å²) in [6, 6.07) is 4.11. The number of piperidine rings is 1. The molecule has 0 amide bonds. The Morgan fingerprint density at radius 3 is 3.03 bits per heavy atom. The van der Waals surface area contributed by atoms with Crippen molar-refractivity contribution in [2.24, 2.45) is 5.92 Å². The number of ether oxygens (including phenoxy) is 2. The molecule has 2 aliphatic heterocycles. The lowest BCUT2D eigenvalue weighted by Gasteiger charge is -2.31. The zero-order valence-electron chi connectivity index (χ0n) is 16.8. The number of thiophene rings is 1. The first kappa shape index (κ1) is 20.7. The van der Waals surface area contributed by atoms with Gasteiger partial charge in [0, 0.05) is 13.2 Å². The summed E-state index contributed by atoms with van der Waals surface area (Å²) in [6.07, 6.45) is 4.22. The number of carbonyl (C=O) groups excluding carboxylic acids is 1. The summed E-state index contributed by atoms with van der Waals surface area (Å²) in [6.45, 7) is 6.05. The summed E-state index contributed by atoms with van der Waals surface area (Å²) >= 11 is 7.47. The van der Waals surface area contributed by atoms with Gasteiger partial charge in [-0.05, 0) is 62.8 Å². The lowest BCUT2D eigenvalue weighted by molar-refractivity contribution is -0.150. The van der Waals surface area contributed by atoms with E-state index in [1.165, 1.54) is 0 Å². The Labute approximate surface area is 180 Å². The highest BCUT2D eigenvalue weighted by Gasteiger charge is 2.28. The first-order valence-corrected chi connectivity index (χ1v) is 11.7. The van der Waals surface area contributed by atoms with Crippen molar-refractivity contribution >= 4 is 29.5 Å². The first-order chi connectivity index (χ1) is 14.2. The van der Waals surface area contributed by atoms with Crippen LogP contribution in [0.25, 0.3) is 10.7 Å². The van der Waals surface area contributed by atoms with Crippen molar-refractivity contribution in [1.29, 1.82) is 0 Å². The van der Waals surface area contributed by atoms with Gasteiger partial charge in [-0.15, -0.1) is 16.4 Å². The van der Waals surface area contributed by atoms with Gasteiger partial charge in [0.15, 0.2) is 10.6 Å². The van der Waals surface area contributed by atoms with E-state index in [0.717, 1.165) is 56.1 Å². The molecule has 4 rings (SSSR count). The summed E-state index contributed by atoms with van der Waals surface area (Å²) in [5.41, 5.74) is 0. The molecule has 0 spiro atoms. The molecule has 2 aromatic rings. The summed E-state index contributed by atoms with van der Waals surface area (Å²) in [5.74, 6) is 0.743. The highest BCUT2D eigenvalue weighted by atomic mass is 32.1. The molecule has 0 radical (unpaired) electrons. The maximum absolute atomic E-state index is 12.2. The van der Waals surface area contributed by atoms with Crippen LogP contribution in [-0.2, 0) is 27.5 Å². The fourth-order valence-electron chi connectivity index (χ4n) is 4.10. The number of aromatic nitrogens is 3. The Morgan fingerprint density at radius 2 is 2.31 bits per heavy atom. The predicted molar refractivity (Wildman–Crippen MR) is 114 cm³/mol. The number of carbonyl (C=O) groups is 1. The molecule has 0 bridgehead atoms. The highest BCUT2D eigenvalue weighted by molar-refractivity contribution is 7.71. The van der Waals surface area contributed by atoms with Crippen molar-refractivity contribution < 1.29 is 14.3 Å². The van der Waals surface area contributed by atoms with Crippen LogP contribution in [0, 0.1) is 10.7 Å². The molecule has 2 aliphatic rings. The largest absolute Gasteiger partial charge is 0.466 e. The van der Waals surface area contributed by atoms with Gasteiger partial charge in [0.2, 0.25) is 0 Å². The zero-order valence-corrected chi connectivity index (χ0v) is 18.4. The Morgan fingerprint density at radius 1 is 1.41 bits per heavy atom. The third-order valence-corrected chi connectivity index (χ3v) is 6.83. The third-order valence-electron chi connectivity index (χ3n) is 5.53. The SMILES string of the molecule is CCOC(=O)[C@H]1CCCN(Cn2nc(-c3cccs3)n(C[C@H]3CCCO3)c2=S)C1. The second-order valence-corrected chi connectivity index (χ2v) is 8.95. The van der Waals surface area contributed by atoms with Gasteiger partial charge in [0.1, 0.15) is 0 Å². The quantitative estimate of drug-likeness (QED) is 0.489. The van der Waals surface area contributed by atoms with Crippen molar-refractivity contribution in [2.45, 2.75) is 51.9 Å². The third kappa shape index (κ3) is 4.79. The molecule has 2 saturated heterocycles. The Hall–Kier alpha value is -1.55. The molecule has 2 fully saturated rings. The minimum atomic E-state index is -0.0935. The van der Waals surface area contributed by atoms with Crippen molar-refractivity contribution in [1.82, 2.24) is 19.2 Å². The minimum absolute atomic E-state index is 0.0661. The van der Waals surface area contributed by atoms with E-state index in [-0.39, 0.29) is 18.0 Å². The fraction of sp³-hybridized carbons (Fsp3) is 0.650. The van der Waals surface area contributed by atoms with Crippen LogP contribution in [0.1, 0.15) is 32.6 Å². The Bertz CT molecular complexity index is 871. The van der Waals surface area contributed by atoms with E-state index in [1.54, 1.807) is 11.3 Å². The number of hydrogen-bond donors (Lipinski definition) is 0. The van der Waals surface area contributed by atoms with E-state index in [0.29, 0.717) is 24.6 Å². The van der Waals surface area contributed by atoms with E-state index in [9.17, 15) is 4.79 Å². The maximum atomic E-state index is 12.2. The van der Waals surface area contributed by atoms with Gasteiger partial charge in [0.25, 0.3) is 0 Å². The van der Waals surface area contributed by atoms with Gasteiger partial charge >= 0.3 is 5.97 Å².